The SMILES string of the molecule is CCN1CCCCC1c1nc2cccnc2n1CC. The minimum Gasteiger partial charge on any atom is -0.312 e. The van der Waals surface area contributed by atoms with Gasteiger partial charge in [0.25, 0.3) is 0 Å². The highest BCUT2D eigenvalue weighted by molar-refractivity contribution is 5.71. The molecule has 4 nitrogen and oxygen atoms in total. The van der Waals surface area contributed by atoms with Crippen molar-refractivity contribution in [2.24, 2.45) is 0 Å². The normalized spacial score (nSPS) is 21.1. The minimum absolute atomic E-state index is 0.466. The summed E-state index contributed by atoms with van der Waals surface area (Å²) in [7, 11) is 0. The second-order valence-corrected chi connectivity index (χ2v) is 5.20. The molecule has 0 radical (unpaired) electrons. The van der Waals surface area contributed by atoms with E-state index in [1.54, 1.807) is 0 Å². The van der Waals surface area contributed by atoms with Crippen LogP contribution in [0.15, 0.2) is 18.3 Å². The summed E-state index contributed by atoms with van der Waals surface area (Å²) in [6.07, 6.45) is 5.70. The Bertz CT molecular complexity index is 560. The van der Waals surface area contributed by atoms with E-state index in [1.165, 1.54) is 31.6 Å². The predicted octanol–water partition coefficient (Wildman–Crippen LogP) is 3.00. The van der Waals surface area contributed by atoms with Crippen LogP contribution in [0.2, 0.25) is 0 Å². The van der Waals surface area contributed by atoms with Crippen LogP contribution in [0.25, 0.3) is 11.2 Å². The summed E-state index contributed by atoms with van der Waals surface area (Å²) < 4.78 is 2.29. The van der Waals surface area contributed by atoms with Crippen LogP contribution in [-0.4, -0.2) is 32.5 Å². The Morgan fingerprint density at radius 1 is 1.26 bits per heavy atom. The van der Waals surface area contributed by atoms with Crippen LogP contribution >= 0.6 is 0 Å². The van der Waals surface area contributed by atoms with Crippen molar-refractivity contribution >= 4 is 11.2 Å². The van der Waals surface area contributed by atoms with Crippen LogP contribution in [0.3, 0.4) is 0 Å². The maximum Gasteiger partial charge on any atom is 0.160 e. The molecule has 1 saturated heterocycles. The lowest BCUT2D eigenvalue weighted by Crippen LogP contribution is -2.34. The third-order valence-corrected chi connectivity index (χ3v) is 4.17. The smallest absolute Gasteiger partial charge is 0.160 e. The Morgan fingerprint density at radius 3 is 2.95 bits per heavy atom. The molecule has 1 fully saturated rings. The second kappa shape index (κ2) is 5.29. The summed E-state index contributed by atoms with van der Waals surface area (Å²) >= 11 is 0. The van der Waals surface area contributed by atoms with E-state index in [4.69, 9.17) is 4.98 Å². The lowest BCUT2D eigenvalue weighted by Gasteiger charge is -2.34. The number of nitrogens with zero attached hydrogens (tertiary/aromatic N) is 4. The molecule has 19 heavy (non-hydrogen) atoms. The van der Waals surface area contributed by atoms with Gasteiger partial charge in [0, 0.05) is 12.7 Å². The molecule has 2 aromatic rings. The minimum atomic E-state index is 0.466. The van der Waals surface area contributed by atoms with Crippen LogP contribution in [0.4, 0.5) is 0 Å². The molecule has 1 unspecified atom stereocenters. The highest BCUT2D eigenvalue weighted by Gasteiger charge is 2.27. The van der Waals surface area contributed by atoms with Gasteiger partial charge in [-0.3, -0.25) is 4.90 Å². The molecule has 3 heterocycles. The van der Waals surface area contributed by atoms with E-state index >= 15 is 0 Å². The van der Waals surface area contributed by atoms with Gasteiger partial charge in [-0.1, -0.05) is 13.3 Å². The van der Waals surface area contributed by atoms with Crippen molar-refractivity contribution < 1.29 is 0 Å². The van der Waals surface area contributed by atoms with Gasteiger partial charge < -0.3 is 4.57 Å². The number of fused-ring (bicyclic) bond motifs is 1. The quantitative estimate of drug-likeness (QED) is 0.848. The zero-order chi connectivity index (χ0) is 13.2. The highest BCUT2D eigenvalue weighted by atomic mass is 15.2. The van der Waals surface area contributed by atoms with E-state index in [0.717, 1.165) is 24.3 Å². The zero-order valence-corrected chi connectivity index (χ0v) is 11.8. The monoisotopic (exact) mass is 258 g/mol. The van der Waals surface area contributed by atoms with Crippen molar-refractivity contribution in [2.75, 3.05) is 13.1 Å². The van der Waals surface area contributed by atoms with Gasteiger partial charge in [0.15, 0.2) is 5.65 Å². The van der Waals surface area contributed by atoms with Gasteiger partial charge in [0.1, 0.15) is 11.3 Å². The summed E-state index contributed by atoms with van der Waals surface area (Å²) in [6.45, 7) is 7.66. The number of hydrogen-bond donors (Lipinski definition) is 0. The van der Waals surface area contributed by atoms with Crippen molar-refractivity contribution in [3.05, 3.63) is 24.2 Å². The Hall–Kier alpha value is -1.42. The molecule has 0 bridgehead atoms. The molecule has 0 amide bonds. The molecule has 3 rings (SSSR count). The molecule has 0 N–H and O–H groups in total. The van der Waals surface area contributed by atoms with Crippen molar-refractivity contribution in [1.82, 2.24) is 19.4 Å². The molecule has 0 saturated carbocycles. The molecule has 102 valence electrons. The van der Waals surface area contributed by atoms with E-state index < -0.39 is 0 Å². The Kier molecular flexibility index (Phi) is 3.51. The van der Waals surface area contributed by atoms with Crippen LogP contribution in [-0.2, 0) is 6.54 Å². The van der Waals surface area contributed by atoms with Crippen LogP contribution in [0.5, 0.6) is 0 Å². The number of pyridine rings is 1. The van der Waals surface area contributed by atoms with Gasteiger partial charge in [0.05, 0.1) is 6.04 Å². The topological polar surface area (TPSA) is 34.0 Å². The van der Waals surface area contributed by atoms with Crippen molar-refractivity contribution in [2.45, 2.75) is 45.7 Å². The highest BCUT2D eigenvalue weighted by Crippen LogP contribution is 2.31. The standard InChI is InChI=1S/C15H22N4/c1-3-18-11-6-5-9-13(18)15-17-12-8-7-10-16-14(12)19(15)4-2/h7-8,10,13H,3-6,9,11H2,1-2H3. The van der Waals surface area contributed by atoms with Gasteiger partial charge in [-0.05, 0) is 45.0 Å². The molecule has 0 aromatic carbocycles. The molecule has 2 aromatic heterocycles. The van der Waals surface area contributed by atoms with E-state index in [0.29, 0.717) is 6.04 Å². The Morgan fingerprint density at radius 2 is 2.16 bits per heavy atom. The van der Waals surface area contributed by atoms with Crippen molar-refractivity contribution in [3.63, 3.8) is 0 Å². The second-order valence-electron chi connectivity index (χ2n) is 5.20. The third kappa shape index (κ3) is 2.14. The van der Waals surface area contributed by atoms with Crippen molar-refractivity contribution in [1.29, 1.82) is 0 Å². The summed E-state index contributed by atoms with van der Waals surface area (Å²) in [4.78, 5) is 11.9. The first-order valence-corrected chi connectivity index (χ1v) is 7.40. The number of piperidine rings is 1. The molecule has 0 aliphatic carbocycles. The molecule has 1 aliphatic rings. The summed E-state index contributed by atoms with van der Waals surface area (Å²) in [5, 5.41) is 0. The largest absolute Gasteiger partial charge is 0.312 e. The van der Waals surface area contributed by atoms with Gasteiger partial charge in [-0.2, -0.15) is 0 Å². The fourth-order valence-electron chi connectivity index (χ4n) is 3.20. The van der Waals surface area contributed by atoms with Crippen molar-refractivity contribution in [3.8, 4) is 0 Å². The zero-order valence-electron chi connectivity index (χ0n) is 11.8. The van der Waals surface area contributed by atoms with Crippen LogP contribution in [0, 0.1) is 0 Å². The van der Waals surface area contributed by atoms with E-state index in [1.807, 2.05) is 12.3 Å². The molecular formula is C15H22N4. The fourth-order valence-corrected chi connectivity index (χ4v) is 3.20. The number of rotatable bonds is 3. The maximum atomic E-state index is 4.86. The average Bonchev–Trinajstić information content (AvgIpc) is 2.85. The summed E-state index contributed by atoms with van der Waals surface area (Å²) in [5.74, 6) is 1.21. The summed E-state index contributed by atoms with van der Waals surface area (Å²) in [6, 6.07) is 4.50. The van der Waals surface area contributed by atoms with Gasteiger partial charge in [-0.25, -0.2) is 9.97 Å². The van der Waals surface area contributed by atoms with Gasteiger partial charge in [-0.15, -0.1) is 0 Å². The van der Waals surface area contributed by atoms with Gasteiger partial charge in [0.2, 0.25) is 0 Å². The molecular weight excluding hydrogens is 236 g/mol. The molecule has 0 spiro atoms. The van der Waals surface area contributed by atoms with E-state index in [-0.39, 0.29) is 0 Å². The number of imidazole rings is 1. The number of hydrogen-bond acceptors (Lipinski definition) is 3. The van der Waals surface area contributed by atoms with E-state index in [9.17, 15) is 0 Å². The third-order valence-electron chi connectivity index (χ3n) is 4.17. The first-order chi connectivity index (χ1) is 9.35. The maximum absolute atomic E-state index is 4.86. The lowest BCUT2D eigenvalue weighted by molar-refractivity contribution is 0.147. The first-order valence-electron chi connectivity index (χ1n) is 7.40. The number of aryl methyl sites for hydroxylation is 1. The fraction of sp³-hybridized carbons (Fsp3) is 0.600. The number of aromatic nitrogens is 3. The Balaban J connectivity index is 2.07. The first kappa shape index (κ1) is 12.6. The lowest BCUT2D eigenvalue weighted by atomic mass is 10.0. The molecule has 1 aliphatic heterocycles. The Labute approximate surface area is 114 Å². The summed E-state index contributed by atoms with van der Waals surface area (Å²) in [5.41, 5.74) is 2.06. The average molecular weight is 258 g/mol. The van der Waals surface area contributed by atoms with E-state index in [2.05, 4.69) is 34.4 Å². The van der Waals surface area contributed by atoms with Crippen LogP contribution in [0.1, 0.15) is 45.0 Å². The molecule has 1 atom stereocenters. The molecule has 4 heteroatoms. The predicted molar refractivity (Wildman–Crippen MR) is 77.0 cm³/mol. The van der Waals surface area contributed by atoms with Gasteiger partial charge >= 0.3 is 0 Å². The van der Waals surface area contributed by atoms with Crippen LogP contribution < -0.4 is 0 Å². The number of likely N-dealkylation sites (tertiary alicyclic amines) is 1.